The van der Waals surface area contributed by atoms with E-state index in [0.717, 1.165) is 41.1 Å². The third-order valence-electron chi connectivity index (χ3n) is 3.33. The molecule has 1 aromatic rings. The van der Waals surface area contributed by atoms with Gasteiger partial charge in [0, 0.05) is 10.8 Å². The largest absolute Gasteiger partial charge is 0.495 e. The Morgan fingerprint density at radius 2 is 2.05 bits per heavy atom. The van der Waals surface area contributed by atoms with Crippen LogP contribution >= 0.6 is 0 Å². The van der Waals surface area contributed by atoms with Crippen molar-refractivity contribution in [1.82, 2.24) is 4.57 Å². The topological polar surface area (TPSA) is 25.2 Å². The van der Waals surface area contributed by atoms with Gasteiger partial charge in [-0.15, -0.1) is 0 Å². The first-order chi connectivity index (χ1) is 9.20. The zero-order valence-corrected chi connectivity index (χ0v) is 11.7. The van der Waals surface area contributed by atoms with Gasteiger partial charge in [0.05, 0.1) is 11.0 Å². The number of nitrogens with zero attached hydrogens (tertiary/aromatic N) is 1. The van der Waals surface area contributed by atoms with Crippen molar-refractivity contribution in [2.24, 2.45) is 0 Å². The molecule has 0 fully saturated rings. The summed E-state index contributed by atoms with van der Waals surface area (Å²) in [7, 11) is 0. The lowest BCUT2D eigenvalue weighted by Crippen LogP contribution is -2.29. The van der Waals surface area contributed by atoms with Crippen LogP contribution in [0, 0.1) is 0 Å². The fraction of sp³-hybridized carbons (Fsp3) is 0.294. The van der Waals surface area contributed by atoms with E-state index in [2.05, 4.69) is 50.0 Å². The summed E-state index contributed by atoms with van der Waals surface area (Å²) < 4.78 is 1.83. The molecule has 0 unspecified atom stereocenters. The van der Waals surface area contributed by atoms with Gasteiger partial charge in [0.25, 0.3) is 0 Å². The molecule has 100 valence electrons. The molecule has 0 radical (unpaired) electrons. The summed E-state index contributed by atoms with van der Waals surface area (Å²) in [6.07, 6.45) is 15.8. The van der Waals surface area contributed by atoms with Gasteiger partial charge in [-0.05, 0) is 38.8 Å². The first-order valence-corrected chi connectivity index (χ1v) is 6.83. The highest BCUT2D eigenvalue weighted by Gasteiger charge is 2.12. The van der Waals surface area contributed by atoms with E-state index in [4.69, 9.17) is 0 Å². The number of rotatable bonds is 2. The van der Waals surface area contributed by atoms with Gasteiger partial charge >= 0.3 is 0 Å². The number of hydrogen-bond donors (Lipinski definition) is 1. The molecule has 1 heterocycles. The molecule has 2 nitrogen and oxygen atoms in total. The molecule has 1 aromatic heterocycles. The fourth-order valence-corrected chi connectivity index (χ4v) is 2.55. The van der Waals surface area contributed by atoms with Crippen molar-refractivity contribution in [1.29, 1.82) is 0 Å². The first-order valence-electron chi connectivity index (χ1n) is 6.83. The van der Waals surface area contributed by atoms with Crippen LogP contribution in [0.25, 0.3) is 30.2 Å². The van der Waals surface area contributed by atoms with Crippen LogP contribution in [0.15, 0.2) is 18.7 Å². The normalized spacial score (nSPS) is 18.0. The van der Waals surface area contributed by atoms with Gasteiger partial charge in [0.15, 0.2) is 5.88 Å². The third-order valence-corrected chi connectivity index (χ3v) is 3.33. The van der Waals surface area contributed by atoms with Crippen molar-refractivity contribution in [3.63, 3.8) is 0 Å². The standard InChI is InChI=1S/C17H21NO/c1-4-10-16-14(5-2)15-11-8-6-7-9-12-17(15)18(16)13(3)19/h5,8-12,19H,3-4,6-7H2,1-2H3/b11-8-,12-9?,14-5-,16-10+. The maximum atomic E-state index is 9.93. The average Bonchev–Trinajstić information content (AvgIpc) is 2.62. The van der Waals surface area contributed by atoms with Crippen LogP contribution in [0.3, 0.4) is 0 Å². The number of fused-ring (bicyclic) bond motifs is 1. The van der Waals surface area contributed by atoms with Gasteiger partial charge < -0.3 is 5.11 Å². The Labute approximate surface area is 114 Å². The van der Waals surface area contributed by atoms with Crippen molar-refractivity contribution in [2.45, 2.75) is 33.1 Å². The van der Waals surface area contributed by atoms with Crippen LogP contribution in [-0.2, 0) is 0 Å². The molecular weight excluding hydrogens is 234 g/mol. The van der Waals surface area contributed by atoms with Crippen LogP contribution in [0.4, 0.5) is 0 Å². The second-order valence-electron chi connectivity index (χ2n) is 4.63. The molecule has 0 saturated heterocycles. The lowest BCUT2D eigenvalue weighted by molar-refractivity contribution is 0.471. The SMILES string of the molecule is C=C(O)n1c2c(c(=C/C)/c1=C\CC)/C=C\CCC=C2. The lowest BCUT2D eigenvalue weighted by Gasteiger charge is -2.06. The molecule has 0 saturated carbocycles. The quantitative estimate of drug-likeness (QED) is 0.806. The van der Waals surface area contributed by atoms with Gasteiger partial charge in [-0.1, -0.05) is 37.3 Å². The summed E-state index contributed by atoms with van der Waals surface area (Å²) in [5.41, 5.74) is 2.17. The molecule has 0 spiro atoms. The average molecular weight is 255 g/mol. The van der Waals surface area contributed by atoms with Gasteiger partial charge in [0.1, 0.15) is 0 Å². The maximum Gasteiger partial charge on any atom is 0.188 e. The summed E-state index contributed by atoms with van der Waals surface area (Å²) in [5, 5.41) is 12.1. The minimum Gasteiger partial charge on any atom is -0.495 e. The number of hydrogen-bond acceptors (Lipinski definition) is 1. The van der Waals surface area contributed by atoms with E-state index < -0.39 is 0 Å². The van der Waals surface area contributed by atoms with Crippen LogP contribution < -0.4 is 10.6 Å². The van der Waals surface area contributed by atoms with Crippen molar-refractivity contribution >= 4 is 30.2 Å². The molecule has 1 aliphatic carbocycles. The smallest absolute Gasteiger partial charge is 0.188 e. The van der Waals surface area contributed by atoms with Gasteiger partial charge in [-0.2, -0.15) is 0 Å². The van der Waals surface area contributed by atoms with E-state index in [1.165, 1.54) is 0 Å². The summed E-state index contributed by atoms with van der Waals surface area (Å²) in [6, 6.07) is 0. The van der Waals surface area contributed by atoms with E-state index in [-0.39, 0.29) is 5.88 Å². The zero-order chi connectivity index (χ0) is 13.8. The maximum absolute atomic E-state index is 9.93. The van der Waals surface area contributed by atoms with Crippen molar-refractivity contribution < 1.29 is 5.11 Å². The Morgan fingerprint density at radius 3 is 2.63 bits per heavy atom. The van der Waals surface area contributed by atoms with Crippen molar-refractivity contribution in [3.8, 4) is 0 Å². The van der Waals surface area contributed by atoms with E-state index in [0.29, 0.717) is 0 Å². The van der Waals surface area contributed by atoms with Gasteiger partial charge in [-0.3, -0.25) is 4.57 Å². The fourth-order valence-electron chi connectivity index (χ4n) is 2.55. The number of allylic oxidation sites excluding steroid dienone is 2. The highest BCUT2D eigenvalue weighted by molar-refractivity contribution is 5.69. The monoisotopic (exact) mass is 255 g/mol. The molecular formula is C17H21NO. The van der Waals surface area contributed by atoms with Gasteiger partial charge in [0.2, 0.25) is 0 Å². The Balaban J connectivity index is 2.94. The summed E-state index contributed by atoms with van der Waals surface area (Å²) in [4.78, 5) is 0. The highest BCUT2D eigenvalue weighted by Crippen LogP contribution is 2.15. The predicted molar refractivity (Wildman–Crippen MR) is 83.8 cm³/mol. The molecule has 2 heteroatoms. The molecule has 0 bridgehead atoms. The summed E-state index contributed by atoms with van der Waals surface area (Å²) >= 11 is 0. The summed E-state index contributed by atoms with van der Waals surface area (Å²) in [5.74, 6) is 0.0719. The predicted octanol–water partition coefficient (Wildman–Crippen LogP) is 3.29. The number of aromatic nitrogens is 1. The van der Waals surface area contributed by atoms with Crippen LogP contribution in [0.2, 0.25) is 0 Å². The Hall–Kier alpha value is -1.96. The molecule has 19 heavy (non-hydrogen) atoms. The van der Waals surface area contributed by atoms with E-state index >= 15 is 0 Å². The minimum absolute atomic E-state index is 0.0719. The van der Waals surface area contributed by atoms with Crippen LogP contribution in [-0.4, -0.2) is 9.67 Å². The zero-order valence-electron chi connectivity index (χ0n) is 11.7. The number of aliphatic hydroxyl groups is 1. The first kappa shape index (κ1) is 13.5. The van der Waals surface area contributed by atoms with E-state index in [9.17, 15) is 5.11 Å². The van der Waals surface area contributed by atoms with Crippen LogP contribution in [0.5, 0.6) is 0 Å². The second-order valence-corrected chi connectivity index (χ2v) is 4.63. The molecule has 1 aliphatic rings. The van der Waals surface area contributed by atoms with Gasteiger partial charge in [-0.25, -0.2) is 0 Å². The molecule has 0 aromatic carbocycles. The molecule has 0 atom stereocenters. The molecule has 0 aliphatic heterocycles. The second kappa shape index (κ2) is 5.79. The Kier molecular flexibility index (Phi) is 4.10. The lowest BCUT2D eigenvalue weighted by atomic mass is 10.1. The third kappa shape index (κ3) is 2.43. The van der Waals surface area contributed by atoms with Crippen molar-refractivity contribution in [3.05, 3.63) is 40.6 Å². The molecule has 0 amide bonds. The van der Waals surface area contributed by atoms with E-state index in [1.807, 2.05) is 11.5 Å². The molecule has 2 rings (SSSR count). The summed E-state index contributed by atoms with van der Waals surface area (Å²) in [6.45, 7) is 7.83. The highest BCUT2D eigenvalue weighted by atomic mass is 16.3. The Bertz CT molecular complexity index is 656. The van der Waals surface area contributed by atoms with E-state index in [1.54, 1.807) is 0 Å². The molecule has 1 N–H and O–H groups in total. The number of aliphatic hydroxyl groups excluding tert-OH is 1. The van der Waals surface area contributed by atoms with Crippen LogP contribution in [0.1, 0.15) is 44.4 Å². The Morgan fingerprint density at radius 1 is 1.37 bits per heavy atom. The minimum atomic E-state index is 0.0719. The van der Waals surface area contributed by atoms with Crippen molar-refractivity contribution in [2.75, 3.05) is 0 Å².